The highest BCUT2D eigenvalue weighted by atomic mass is 19.1. The first-order valence-corrected chi connectivity index (χ1v) is 8.51. The largest absolute Gasteiger partial charge is 0.467 e. The summed E-state index contributed by atoms with van der Waals surface area (Å²) < 4.78 is 27.1. The van der Waals surface area contributed by atoms with Crippen molar-refractivity contribution in [3.63, 3.8) is 0 Å². The number of imidazole rings is 1. The van der Waals surface area contributed by atoms with Gasteiger partial charge in [-0.15, -0.1) is 0 Å². The lowest BCUT2D eigenvalue weighted by molar-refractivity contribution is 0.00928. The number of aryl methyl sites for hydroxylation is 1. The summed E-state index contributed by atoms with van der Waals surface area (Å²) in [4.78, 5) is 12.2. The van der Waals surface area contributed by atoms with E-state index in [1.54, 1.807) is 17.2 Å². The van der Waals surface area contributed by atoms with Crippen molar-refractivity contribution in [2.45, 2.75) is 45.4 Å². The highest BCUT2D eigenvalue weighted by Crippen LogP contribution is 2.27. The second-order valence-corrected chi connectivity index (χ2v) is 6.22. The molecule has 25 heavy (non-hydrogen) atoms. The number of halogens is 1. The quantitative estimate of drug-likeness (QED) is 0.728. The van der Waals surface area contributed by atoms with Gasteiger partial charge in [-0.2, -0.15) is 14.4 Å². The predicted octanol–water partition coefficient (Wildman–Crippen LogP) is 3.57. The van der Waals surface area contributed by atoms with Gasteiger partial charge in [0.15, 0.2) is 17.0 Å². The molecule has 1 atom stereocenters. The Kier molecular flexibility index (Phi) is 4.35. The number of nitrogens with one attached hydrogen (secondary N) is 1. The summed E-state index contributed by atoms with van der Waals surface area (Å²) >= 11 is 0. The number of furan rings is 1. The van der Waals surface area contributed by atoms with E-state index >= 15 is 0 Å². The van der Waals surface area contributed by atoms with Crippen LogP contribution in [0.4, 0.5) is 10.2 Å². The van der Waals surface area contributed by atoms with Crippen molar-refractivity contribution >= 4 is 17.0 Å². The van der Waals surface area contributed by atoms with Crippen molar-refractivity contribution in [1.82, 2.24) is 19.5 Å². The summed E-state index contributed by atoms with van der Waals surface area (Å²) in [5.41, 5.74) is 1.99. The third kappa shape index (κ3) is 3.21. The smallest absolute Gasteiger partial charge is 0.312 e. The number of nitrogens with zero attached hydrogens (tertiary/aromatic N) is 4. The number of anilines is 1. The molecule has 3 aromatic rings. The first-order chi connectivity index (χ1) is 12.2. The number of hydrogen-bond acceptors (Lipinski definition) is 6. The maximum atomic E-state index is 14.0. The summed E-state index contributed by atoms with van der Waals surface area (Å²) in [6.07, 6.45) is 6.44. The van der Waals surface area contributed by atoms with Gasteiger partial charge < -0.3 is 14.5 Å². The van der Waals surface area contributed by atoms with E-state index < -0.39 is 6.08 Å². The molecular weight excluding hydrogens is 325 g/mol. The van der Waals surface area contributed by atoms with Crippen LogP contribution in [0.3, 0.4) is 0 Å². The van der Waals surface area contributed by atoms with E-state index in [1.807, 2.05) is 13.0 Å². The Hall–Kier alpha value is -2.48. The van der Waals surface area contributed by atoms with Crippen LogP contribution < -0.4 is 5.32 Å². The molecule has 0 radical (unpaired) electrons. The minimum atomic E-state index is -0.790. The van der Waals surface area contributed by atoms with Crippen LogP contribution in [0.15, 0.2) is 23.1 Å². The van der Waals surface area contributed by atoms with Gasteiger partial charge in [-0.3, -0.25) is 4.57 Å². The van der Waals surface area contributed by atoms with Crippen LogP contribution >= 0.6 is 0 Å². The summed E-state index contributed by atoms with van der Waals surface area (Å²) in [5.74, 6) is 1.13. The van der Waals surface area contributed by atoms with Crippen LogP contribution in [0.5, 0.6) is 0 Å². The molecule has 1 aliphatic heterocycles. The highest BCUT2D eigenvalue weighted by molar-refractivity contribution is 5.82. The molecule has 1 aliphatic rings. The summed E-state index contributed by atoms with van der Waals surface area (Å²) in [6, 6.07) is 1.88. The van der Waals surface area contributed by atoms with Crippen molar-refractivity contribution in [3.05, 3.63) is 36.1 Å². The molecule has 7 nitrogen and oxygen atoms in total. The molecule has 132 valence electrons. The molecule has 0 saturated carbocycles. The average molecular weight is 345 g/mol. The highest BCUT2D eigenvalue weighted by Gasteiger charge is 2.20. The van der Waals surface area contributed by atoms with Crippen LogP contribution in [0.1, 0.15) is 43.2 Å². The van der Waals surface area contributed by atoms with Gasteiger partial charge in [0.2, 0.25) is 0 Å². The third-order valence-corrected chi connectivity index (χ3v) is 4.49. The van der Waals surface area contributed by atoms with Crippen LogP contribution in [-0.2, 0) is 11.3 Å². The van der Waals surface area contributed by atoms with Crippen LogP contribution in [0.2, 0.25) is 0 Å². The maximum absolute atomic E-state index is 14.0. The predicted molar refractivity (Wildman–Crippen MR) is 89.5 cm³/mol. The van der Waals surface area contributed by atoms with E-state index in [2.05, 4.69) is 20.3 Å². The van der Waals surface area contributed by atoms with Gasteiger partial charge in [0.25, 0.3) is 0 Å². The fraction of sp³-hybridized carbons (Fsp3) is 0.471. The van der Waals surface area contributed by atoms with Gasteiger partial charge in [-0.1, -0.05) is 6.42 Å². The fourth-order valence-corrected chi connectivity index (χ4v) is 3.09. The fourth-order valence-electron chi connectivity index (χ4n) is 3.09. The van der Waals surface area contributed by atoms with Gasteiger partial charge in [0.05, 0.1) is 19.1 Å². The molecule has 4 heterocycles. The Balaban J connectivity index is 1.65. The Morgan fingerprint density at radius 3 is 3.08 bits per heavy atom. The molecule has 0 amide bonds. The van der Waals surface area contributed by atoms with Crippen molar-refractivity contribution in [2.75, 3.05) is 11.9 Å². The zero-order valence-electron chi connectivity index (χ0n) is 14.0. The molecule has 0 aromatic carbocycles. The normalized spacial score (nSPS) is 18.4. The number of ether oxygens (including phenoxy) is 1. The van der Waals surface area contributed by atoms with E-state index in [0.29, 0.717) is 30.1 Å². The standard InChI is InChI=1S/C17H20FN5O2/c1-11-6-8-24-12(11)9-19-15-14-16(22-17(18)21-15)23(10-20-14)13-5-3-2-4-7-25-13/h6,8,10,13H,2-5,7,9H2,1H3,(H,19,21,22). The van der Waals surface area contributed by atoms with Gasteiger partial charge in [0.1, 0.15) is 12.0 Å². The van der Waals surface area contributed by atoms with E-state index in [-0.39, 0.29) is 6.23 Å². The van der Waals surface area contributed by atoms with Crippen molar-refractivity contribution in [2.24, 2.45) is 0 Å². The lowest BCUT2D eigenvalue weighted by Crippen LogP contribution is -2.12. The molecule has 1 saturated heterocycles. The zero-order valence-corrected chi connectivity index (χ0v) is 14.0. The Morgan fingerprint density at radius 1 is 1.32 bits per heavy atom. The van der Waals surface area contributed by atoms with E-state index in [0.717, 1.165) is 37.0 Å². The molecule has 1 fully saturated rings. The Bertz CT molecular complexity index is 867. The monoisotopic (exact) mass is 345 g/mol. The number of fused-ring (bicyclic) bond motifs is 1. The molecule has 0 bridgehead atoms. The maximum Gasteiger partial charge on any atom is 0.312 e. The Labute approximate surface area is 144 Å². The average Bonchev–Trinajstić information content (AvgIpc) is 3.10. The zero-order chi connectivity index (χ0) is 17.2. The van der Waals surface area contributed by atoms with Gasteiger partial charge >= 0.3 is 6.08 Å². The Morgan fingerprint density at radius 2 is 2.24 bits per heavy atom. The lowest BCUT2D eigenvalue weighted by Gasteiger charge is -2.16. The summed E-state index contributed by atoms with van der Waals surface area (Å²) in [7, 11) is 0. The molecule has 8 heteroatoms. The second-order valence-electron chi connectivity index (χ2n) is 6.22. The number of hydrogen-bond donors (Lipinski definition) is 1. The van der Waals surface area contributed by atoms with E-state index in [4.69, 9.17) is 9.15 Å². The topological polar surface area (TPSA) is 78.0 Å². The minimum absolute atomic E-state index is 0.165. The number of aromatic nitrogens is 4. The minimum Gasteiger partial charge on any atom is -0.467 e. The van der Waals surface area contributed by atoms with E-state index in [1.165, 1.54) is 0 Å². The second kappa shape index (κ2) is 6.79. The molecule has 0 aliphatic carbocycles. The molecule has 1 N–H and O–H groups in total. The first kappa shape index (κ1) is 16.0. The van der Waals surface area contributed by atoms with Crippen molar-refractivity contribution < 1.29 is 13.5 Å². The van der Waals surface area contributed by atoms with Gasteiger partial charge in [0, 0.05) is 6.61 Å². The van der Waals surface area contributed by atoms with Gasteiger partial charge in [-0.05, 0) is 37.8 Å². The van der Waals surface area contributed by atoms with Crippen molar-refractivity contribution in [3.8, 4) is 0 Å². The molecular formula is C17H20FN5O2. The summed E-state index contributed by atoms with van der Waals surface area (Å²) in [6.45, 7) is 3.05. The molecule has 3 aromatic heterocycles. The first-order valence-electron chi connectivity index (χ1n) is 8.51. The SMILES string of the molecule is Cc1ccoc1CNc1nc(F)nc2c1ncn2C1CCCCCO1. The van der Waals surface area contributed by atoms with Crippen LogP contribution in [-0.4, -0.2) is 26.1 Å². The molecule has 4 rings (SSSR count). The van der Waals surface area contributed by atoms with Crippen LogP contribution in [0.25, 0.3) is 11.2 Å². The molecule has 1 unspecified atom stereocenters. The third-order valence-electron chi connectivity index (χ3n) is 4.49. The number of rotatable bonds is 4. The van der Waals surface area contributed by atoms with E-state index in [9.17, 15) is 4.39 Å². The van der Waals surface area contributed by atoms with Crippen molar-refractivity contribution in [1.29, 1.82) is 0 Å². The van der Waals surface area contributed by atoms with Crippen LogP contribution in [0, 0.1) is 13.0 Å². The lowest BCUT2D eigenvalue weighted by atomic mass is 10.2. The summed E-state index contributed by atoms with van der Waals surface area (Å²) in [5, 5.41) is 3.10. The van der Waals surface area contributed by atoms with Gasteiger partial charge in [-0.25, -0.2) is 4.98 Å². The molecule has 0 spiro atoms.